The van der Waals surface area contributed by atoms with Crippen LogP contribution in [0.3, 0.4) is 0 Å². The first-order valence-electron chi connectivity index (χ1n) is 19.9. The average Bonchev–Trinajstić information content (AvgIpc) is 3.63. The zero-order valence-corrected chi connectivity index (χ0v) is 32.3. The molecule has 0 aliphatic carbocycles. The third kappa shape index (κ3) is 5.56. The number of benzene rings is 8. The molecule has 8 aromatic carbocycles. The summed E-state index contributed by atoms with van der Waals surface area (Å²) in [5.74, 6) is 1.96. The number of nitrogens with zero attached hydrogens (tertiary/aromatic N) is 4. The molecule has 1 aliphatic heterocycles. The lowest BCUT2D eigenvalue weighted by atomic mass is 9.75. The van der Waals surface area contributed by atoms with Crippen LogP contribution in [0.25, 0.3) is 95.0 Å². The molecule has 0 N–H and O–H groups in total. The quantitative estimate of drug-likeness (QED) is 0.170. The SMILES string of the molecule is CC1(C)c2ccccc2-n2c3ccc(-c4ccc(-c5cccc(-c6ccc(-c7nc(-c8ccccc8)nc(-c8ccccc8)n7)cc6)c5)cc4)cc3c3cccc1c32. The average molecular weight is 743 g/mol. The smallest absolute Gasteiger partial charge is 0.164 e. The molecule has 58 heavy (non-hydrogen) atoms. The minimum Gasteiger partial charge on any atom is -0.309 e. The summed E-state index contributed by atoms with van der Waals surface area (Å²) in [7, 11) is 0. The molecule has 274 valence electrons. The summed E-state index contributed by atoms with van der Waals surface area (Å²) < 4.78 is 2.48. The van der Waals surface area contributed by atoms with Gasteiger partial charge >= 0.3 is 0 Å². The Kier molecular flexibility index (Phi) is 7.80. The molecule has 0 spiro atoms. The van der Waals surface area contributed by atoms with Crippen molar-refractivity contribution in [2.45, 2.75) is 19.3 Å². The van der Waals surface area contributed by atoms with Gasteiger partial charge in [0.1, 0.15) is 0 Å². The van der Waals surface area contributed by atoms with Gasteiger partial charge in [-0.2, -0.15) is 0 Å². The maximum Gasteiger partial charge on any atom is 0.164 e. The van der Waals surface area contributed by atoms with Crippen molar-refractivity contribution in [1.29, 1.82) is 0 Å². The van der Waals surface area contributed by atoms with Crippen molar-refractivity contribution < 1.29 is 0 Å². The molecule has 3 heterocycles. The highest BCUT2D eigenvalue weighted by molar-refractivity contribution is 6.12. The Bertz CT molecular complexity index is 3100. The summed E-state index contributed by atoms with van der Waals surface area (Å²) in [6, 6.07) is 69.1. The normalized spacial score (nSPS) is 12.8. The molecule has 0 radical (unpaired) electrons. The fourth-order valence-corrected chi connectivity index (χ4v) is 8.83. The van der Waals surface area contributed by atoms with Gasteiger partial charge in [-0.25, -0.2) is 15.0 Å². The Morgan fingerprint density at radius 1 is 0.345 bits per heavy atom. The second-order valence-corrected chi connectivity index (χ2v) is 15.7. The van der Waals surface area contributed by atoms with E-state index in [1.165, 1.54) is 60.9 Å². The zero-order chi connectivity index (χ0) is 38.8. The topological polar surface area (TPSA) is 43.6 Å². The van der Waals surface area contributed by atoms with Gasteiger partial charge in [0.15, 0.2) is 17.5 Å². The molecule has 0 bridgehead atoms. The van der Waals surface area contributed by atoms with Gasteiger partial charge in [-0.05, 0) is 68.8 Å². The lowest BCUT2D eigenvalue weighted by molar-refractivity contribution is 0.630. The molecule has 1 aliphatic rings. The minimum atomic E-state index is -0.0741. The summed E-state index contributed by atoms with van der Waals surface area (Å²) in [4.78, 5) is 14.7. The highest BCUT2D eigenvalue weighted by Crippen LogP contribution is 2.47. The molecule has 11 rings (SSSR count). The summed E-state index contributed by atoms with van der Waals surface area (Å²) in [6.45, 7) is 4.70. The van der Waals surface area contributed by atoms with Gasteiger partial charge in [0.25, 0.3) is 0 Å². The van der Waals surface area contributed by atoms with Crippen molar-refractivity contribution in [2.75, 3.05) is 0 Å². The van der Waals surface area contributed by atoms with Crippen LogP contribution in [-0.4, -0.2) is 19.5 Å². The van der Waals surface area contributed by atoms with Crippen molar-refractivity contribution in [3.8, 4) is 73.2 Å². The molecule has 0 saturated carbocycles. The number of hydrogen-bond donors (Lipinski definition) is 0. The van der Waals surface area contributed by atoms with Crippen molar-refractivity contribution in [3.05, 3.63) is 205 Å². The van der Waals surface area contributed by atoms with Crippen LogP contribution in [-0.2, 0) is 5.41 Å². The molecule has 0 saturated heterocycles. The fraction of sp³-hybridized carbons (Fsp3) is 0.0556. The van der Waals surface area contributed by atoms with E-state index in [0.29, 0.717) is 17.5 Å². The Morgan fingerprint density at radius 2 is 0.776 bits per heavy atom. The van der Waals surface area contributed by atoms with E-state index in [9.17, 15) is 0 Å². The fourth-order valence-electron chi connectivity index (χ4n) is 8.83. The first-order chi connectivity index (χ1) is 28.5. The van der Waals surface area contributed by atoms with E-state index in [0.717, 1.165) is 27.8 Å². The first-order valence-corrected chi connectivity index (χ1v) is 19.9. The molecular weight excluding hydrogens is 705 g/mol. The van der Waals surface area contributed by atoms with Crippen LogP contribution in [0.1, 0.15) is 25.0 Å². The van der Waals surface area contributed by atoms with E-state index in [1.54, 1.807) is 0 Å². The Morgan fingerprint density at radius 3 is 1.36 bits per heavy atom. The van der Waals surface area contributed by atoms with E-state index in [-0.39, 0.29) is 5.41 Å². The lowest BCUT2D eigenvalue weighted by Crippen LogP contribution is -2.26. The highest BCUT2D eigenvalue weighted by atomic mass is 15.0. The number of hydrogen-bond acceptors (Lipinski definition) is 3. The van der Waals surface area contributed by atoms with Crippen molar-refractivity contribution in [1.82, 2.24) is 19.5 Å². The summed E-state index contributed by atoms with van der Waals surface area (Å²) in [6.07, 6.45) is 0. The summed E-state index contributed by atoms with van der Waals surface area (Å²) in [5.41, 5.74) is 16.4. The molecular formula is C54H38N4. The van der Waals surface area contributed by atoms with Crippen molar-refractivity contribution in [2.24, 2.45) is 0 Å². The molecule has 4 nitrogen and oxygen atoms in total. The van der Waals surface area contributed by atoms with Crippen LogP contribution in [0.4, 0.5) is 0 Å². The van der Waals surface area contributed by atoms with E-state index < -0.39 is 0 Å². The third-order valence-corrected chi connectivity index (χ3v) is 11.9. The van der Waals surface area contributed by atoms with Gasteiger partial charge in [-0.3, -0.25) is 0 Å². The minimum absolute atomic E-state index is 0.0741. The van der Waals surface area contributed by atoms with E-state index in [4.69, 9.17) is 15.0 Å². The monoisotopic (exact) mass is 742 g/mol. The van der Waals surface area contributed by atoms with Gasteiger partial charge in [0.2, 0.25) is 0 Å². The maximum atomic E-state index is 4.91. The van der Waals surface area contributed by atoms with E-state index in [2.05, 4.69) is 152 Å². The second-order valence-electron chi connectivity index (χ2n) is 15.7. The van der Waals surface area contributed by atoms with Crippen LogP contribution in [0.2, 0.25) is 0 Å². The Balaban J connectivity index is 0.895. The number of para-hydroxylation sites is 2. The van der Waals surface area contributed by atoms with Crippen LogP contribution >= 0.6 is 0 Å². The van der Waals surface area contributed by atoms with Crippen LogP contribution in [0.5, 0.6) is 0 Å². The largest absolute Gasteiger partial charge is 0.309 e. The lowest BCUT2D eigenvalue weighted by Gasteiger charge is -2.34. The van der Waals surface area contributed by atoms with Gasteiger partial charge in [0.05, 0.1) is 16.7 Å². The van der Waals surface area contributed by atoms with Gasteiger partial charge in [0, 0.05) is 32.9 Å². The first kappa shape index (κ1) is 33.9. The zero-order valence-electron chi connectivity index (χ0n) is 32.3. The van der Waals surface area contributed by atoms with Crippen molar-refractivity contribution in [3.63, 3.8) is 0 Å². The second kappa shape index (κ2) is 13.4. The predicted octanol–water partition coefficient (Wildman–Crippen LogP) is 13.6. The standard InChI is InChI=1S/C54H38N4/c1-54(2)46-20-9-10-22-49(46)58-48-32-31-43(34-45(48)44-19-12-21-47(54)50(44)58)37-25-23-35(24-26-37)41-17-11-18-42(33-41)36-27-29-40(30-28-36)53-56-51(38-13-5-3-6-14-38)55-52(57-53)39-15-7-4-8-16-39/h3-34H,1-2H3. The number of rotatable bonds is 6. The van der Waals surface area contributed by atoms with E-state index in [1.807, 2.05) is 60.7 Å². The molecule has 10 aromatic rings. The molecule has 0 fully saturated rings. The van der Waals surface area contributed by atoms with E-state index >= 15 is 0 Å². The molecule has 0 amide bonds. The molecule has 2 aromatic heterocycles. The molecule has 4 heteroatoms. The summed E-state index contributed by atoms with van der Waals surface area (Å²) in [5, 5.41) is 2.59. The Labute approximate surface area is 337 Å². The molecule has 0 atom stereocenters. The Hall–Kier alpha value is -7.43. The predicted molar refractivity (Wildman–Crippen MR) is 239 cm³/mol. The highest BCUT2D eigenvalue weighted by Gasteiger charge is 2.34. The van der Waals surface area contributed by atoms with Crippen LogP contribution < -0.4 is 0 Å². The molecule has 0 unspecified atom stereocenters. The number of aromatic nitrogens is 4. The van der Waals surface area contributed by atoms with Crippen LogP contribution in [0.15, 0.2) is 194 Å². The number of fused-ring (bicyclic) bond motifs is 5. The third-order valence-electron chi connectivity index (χ3n) is 11.9. The maximum absolute atomic E-state index is 4.91. The van der Waals surface area contributed by atoms with Gasteiger partial charge in [-0.1, -0.05) is 184 Å². The van der Waals surface area contributed by atoms with Crippen LogP contribution in [0, 0.1) is 0 Å². The van der Waals surface area contributed by atoms with Crippen molar-refractivity contribution >= 4 is 21.8 Å². The van der Waals surface area contributed by atoms with Gasteiger partial charge in [-0.15, -0.1) is 0 Å². The summed E-state index contributed by atoms with van der Waals surface area (Å²) >= 11 is 0. The van der Waals surface area contributed by atoms with Gasteiger partial charge < -0.3 is 4.57 Å².